The van der Waals surface area contributed by atoms with E-state index < -0.39 is 0 Å². The molecule has 0 aliphatic carbocycles. The van der Waals surface area contributed by atoms with Crippen LogP contribution < -0.4 is 5.32 Å². The molecule has 0 saturated heterocycles. The Morgan fingerprint density at radius 1 is 1.04 bits per heavy atom. The van der Waals surface area contributed by atoms with Gasteiger partial charge in [-0.1, -0.05) is 30.3 Å². The van der Waals surface area contributed by atoms with Gasteiger partial charge in [-0.3, -0.25) is 4.79 Å². The van der Waals surface area contributed by atoms with Gasteiger partial charge in [0.15, 0.2) is 5.69 Å². The number of oxazole rings is 1. The molecule has 1 amide bonds. The van der Waals surface area contributed by atoms with E-state index in [2.05, 4.69) is 10.3 Å². The second kappa shape index (κ2) is 6.08. The predicted molar refractivity (Wildman–Crippen MR) is 90.5 cm³/mol. The first-order valence-corrected chi connectivity index (χ1v) is 7.46. The van der Waals surface area contributed by atoms with Crippen LogP contribution in [-0.4, -0.2) is 10.9 Å². The molecule has 0 bridgehead atoms. The van der Waals surface area contributed by atoms with Crippen LogP contribution in [0.3, 0.4) is 0 Å². The lowest BCUT2D eigenvalue weighted by molar-refractivity contribution is 0.102. The molecule has 1 N–H and O–H groups in total. The van der Waals surface area contributed by atoms with Crippen LogP contribution in [0.2, 0.25) is 0 Å². The maximum absolute atomic E-state index is 12.5. The molecule has 116 valence electrons. The van der Waals surface area contributed by atoms with Crippen molar-refractivity contribution in [3.63, 3.8) is 0 Å². The fraction of sp³-hybridized carbons (Fsp3) is 0.158. The average molecular weight is 306 g/mol. The second-order valence-corrected chi connectivity index (χ2v) is 5.56. The van der Waals surface area contributed by atoms with Crippen molar-refractivity contribution in [1.29, 1.82) is 0 Å². The number of carbonyl (C=O) groups excluding carboxylic acids is 1. The minimum atomic E-state index is -0.262. The van der Waals surface area contributed by atoms with Crippen molar-refractivity contribution in [1.82, 2.24) is 4.98 Å². The Kier molecular flexibility index (Phi) is 3.98. The average Bonchev–Trinajstić information content (AvgIpc) is 2.94. The number of hydrogen-bond donors (Lipinski definition) is 1. The SMILES string of the molecule is Cc1ccc(C)c(NC(=O)c2nc(-c3ccccc3)oc2C)c1. The van der Waals surface area contributed by atoms with Crippen molar-refractivity contribution >= 4 is 11.6 Å². The highest BCUT2D eigenvalue weighted by molar-refractivity contribution is 6.04. The van der Waals surface area contributed by atoms with Crippen molar-refractivity contribution in [2.45, 2.75) is 20.8 Å². The quantitative estimate of drug-likeness (QED) is 0.774. The molecule has 0 aliphatic heterocycles. The maximum Gasteiger partial charge on any atom is 0.277 e. The van der Waals surface area contributed by atoms with Gasteiger partial charge in [0.05, 0.1) is 0 Å². The standard InChI is InChI=1S/C19H18N2O2/c1-12-9-10-13(2)16(11-12)20-18(22)17-14(3)23-19(21-17)15-7-5-4-6-8-15/h4-11H,1-3H3,(H,20,22). The molecule has 3 aromatic rings. The van der Waals surface area contributed by atoms with Crippen LogP contribution in [0.15, 0.2) is 52.9 Å². The van der Waals surface area contributed by atoms with E-state index in [0.717, 1.165) is 22.4 Å². The van der Waals surface area contributed by atoms with Crippen LogP contribution in [0.1, 0.15) is 27.4 Å². The number of nitrogens with zero attached hydrogens (tertiary/aromatic N) is 1. The Morgan fingerprint density at radius 2 is 1.78 bits per heavy atom. The Balaban J connectivity index is 1.88. The third kappa shape index (κ3) is 3.16. The van der Waals surface area contributed by atoms with Crippen LogP contribution in [-0.2, 0) is 0 Å². The van der Waals surface area contributed by atoms with Crippen molar-refractivity contribution in [2.75, 3.05) is 5.32 Å². The minimum absolute atomic E-state index is 0.262. The van der Waals surface area contributed by atoms with Crippen LogP contribution in [0.4, 0.5) is 5.69 Å². The molecule has 0 atom stereocenters. The summed E-state index contributed by atoms with van der Waals surface area (Å²) in [5.41, 5.74) is 4.05. The lowest BCUT2D eigenvalue weighted by Crippen LogP contribution is -2.14. The molecule has 0 spiro atoms. The fourth-order valence-corrected chi connectivity index (χ4v) is 2.36. The zero-order valence-corrected chi connectivity index (χ0v) is 13.4. The van der Waals surface area contributed by atoms with Crippen LogP contribution in [0.5, 0.6) is 0 Å². The summed E-state index contributed by atoms with van der Waals surface area (Å²) in [6, 6.07) is 15.5. The topological polar surface area (TPSA) is 55.1 Å². The summed E-state index contributed by atoms with van der Waals surface area (Å²) in [4.78, 5) is 16.9. The monoisotopic (exact) mass is 306 g/mol. The molecule has 0 radical (unpaired) electrons. The number of rotatable bonds is 3. The van der Waals surface area contributed by atoms with Gasteiger partial charge in [0, 0.05) is 11.3 Å². The van der Waals surface area contributed by atoms with E-state index in [4.69, 9.17) is 4.42 Å². The first kappa shape index (κ1) is 15.0. The Labute approximate surface area is 135 Å². The van der Waals surface area contributed by atoms with Crippen LogP contribution in [0, 0.1) is 20.8 Å². The summed E-state index contributed by atoms with van der Waals surface area (Å²) in [5, 5.41) is 2.91. The van der Waals surface area contributed by atoms with Crippen molar-refractivity contribution in [3.8, 4) is 11.5 Å². The minimum Gasteiger partial charge on any atom is -0.441 e. The molecule has 4 nitrogen and oxygen atoms in total. The number of carbonyl (C=O) groups is 1. The normalized spacial score (nSPS) is 10.6. The molecule has 4 heteroatoms. The predicted octanol–water partition coefficient (Wildman–Crippen LogP) is 4.52. The lowest BCUT2D eigenvalue weighted by Gasteiger charge is -2.08. The van der Waals surface area contributed by atoms with E-state index in [1.54, 1.807) is 6.92 Å². The summed E-state index contributed by atoms with van der Waals surface area (Å²) in [6.07, 6.45) is 0. The number of hydrogen-bond acceptors (Lipinski definition) is 3. The van der Waals surface area contributed by atoms with Gasteiger partial charge in [0.1, 0.15) is 5.76 Å². The van der Waals surface area contributed by atoms with Gasteiger partial charge in [0.2, 0.25) is 5.89 Å². The molecule has 1 aromatic heterocycles. The molecule has 0 fully saturated rings. The molecule has 0 saturated carbocycles. The highest BCUT2D eigenvalue weighted by Gasteiger charge is 2.18. The largest absolute Gasteiger partial charge is 0.441 e. The maximum atomic E-state index is 12.5. The van der Waals surface area contributed by atoms with E-state index in [9.17, 15) is 4.79 Å². The summed E-state index contributed by atoms with van der Waals surface area (Å²) < 4.78 is 5.64. The third-order valence-electron chi connectivity index (χ3n) is 3.67. The van der Waals surface area contributed by atoms with Gasteiger partial charge < -0.3 is 9.73 Å². The van der Waals surface area contributed by atoms with Gasteiger partial charge in [-0.2, -0.15) is 0 Å². The summed E-state index contributed by atoms with van der Waals surface area (Å²) in [5.74, 6) is 0.697. The molecule has 1 heterocycles. The van der Waals surface area contributed by atoms with Crippen LogP contribution >= 0.6 is 0 Å². The highest BCUT2D eigenvalue weighted by Crippen LogP contribution is 2.23. The molecule has 2 aromatic carbocycles. The number of anilines is 1. The number of aromatic nitrogens is 1. The molecule has 0 unspecified atom stereocenters. The van der Waals surface area contributed by atoms with Gasteiger partial charge >= 0.3 is 0 Å². The molecular weight excluding hydrogens is 288 g/mol. The summed E-state index contributed by atoms with van der Waals surface area (Å²) >= 11 is 0. The first-order valence-electron chi connectivity index (χ1n) is 7.46. The summed E-state index contributed by atoms with van der Waals surface area (Å²) in [7, 11) is 0. The zero-order valence-electron chi connectivity index (χ0n) is 13.4. The number of benzene rings is 2. The molecule has 0 aliphatic rings. The highest BCUT2D eigenvalue weighted by atomic mass is 16.4. The van der Waals surface area contributed by atoms with Gasteiger partial charge in [-0.05, 0) is 50.1 Å². The van der Waals surface area contributed by atoms with Gasteiger partial charge in [-0.25, -0.2) is 4.98 Å². The number of nitrogens with one attached hydrogen (secondary N) is 1. The van der Waals surface area contributed by atoms with Crippen molar-refractivity contribution < 1.29 is 9.21 Å². The number of amides is 1. The van der Waals surface area contributed by atoms with Crippen molar-refractivity contribution in [2.24, 2.45) is 0 Å². The third-order valence-corrected chi connectivity index (χ3v) is 3.67. The van der Waals surface area contributed by atoms with E-state index in [0.29, 0.717) is 17.3 Å². The van der Waals surface area contributed by atoms with E-state index in [1.165, 1.54) is 0 Å². The van der Waals surface area contributed by atoms with E-state index in [1.807, 2.05) is 62.4 Å². The number of aryl methyl sites for hydroxylation is 3. The van der Waals surface area contributed by atoms with E-state index in [-0.39, 0.29) is 5.91 Å². The molecular formula is C19H18N2O2. The Morgan fingerprint density at radius 3 is 2.52 bits per heavy atom. The summed E-state index contributed by atoms with van der Waals surface area (Å²) in [6.45, 7) is 5.70. The fourth-order valence-electron chi connectivity index (χ4n) is 2.36. The Bertz CT molecular complexity index is 851. The van der Waals surface area contributed by atoms with Gasteiger partial charge in [0.25, 0.3) is 5.91 Å². The first-order chi connectivity index (χ1) is 11.0. The van der Waals surface area contributed by atoms with Crippen molar-refractivity contribution in [3.05, 3.63) is 71.1 Å². The smallest absolute Gasteiger partial charge is 0.277 e. The Hall–Kier alpha value is -2.88. The lowest BCUT2D eigenvalue weighted by atomic mass is 10.1. The zero-order chi connectivity index (χ0) is 16.4. The molecule has 23 heavy (non-hydrogen) atoms. The second-order valence-electron chi connectivity index (χ2n) is 5.56. The molecule has 3 rings (SSSR count). The van der Waals surface area contributed by atoms with Crippen LogP contribution in [0.25, 0.3) is 11.5 Å². The van der Waals surface area contributed by atoms with Gasteiger partial charge in [-0.15, -0.1) is 0 Å². The van der Waals surface area contributed by atoms with E-state index >= 15 is 0 Å².